The van der Waals surface area contributed by atoms with Crippen molar-refractivity contribution in [3.63, 3.8) is 0 Å². The molecule has 0 bridgehead atoms. The number of cyclic esters (lactones) is 1. The van der Waals surface area contributed by atoms with Crippen molar-refractivity contribution in [3.8, 4) is 0 Å². The maximum absolute atomic E-state index is 15.3. The zero-order chi connectivity index (χ0) is 83.3. The van der Waals surface area contributed by atoms with E-state index < -0.39 is 209 Å². The number of esters is 1. The van der Waals surface area contributed by atoms with Crippen molar-refractivity contribution in [2.75, 3.05) is 13.1 Å². The number of likely N-dealkylation sites (tertiary alicyclic amines) is 1. The van der Waals surface area contributed by atoms with Crippen LogP contribution >= 0.6 is 0 Å². The molecule has 29 nitrogen and oxygen atoms in total. The van der Waals surface area contributed by atoms with Crippen molar-refractivity contribution in [1.82, 2.24) is 63.0 Å². The van der Waals surface area contributed by atoms with Crippen LogP contribution < -0.4 is 58.9 Å². The van der Waals surface area contributed by atoms with Gasteiger partial charge in [-0.05, 0) is 126 Å². The van der Waals surface area contributed by atoms with Crippen LogP contribution in [0.4, 0.5) is 0 Å². The Labute approximate surface area is 653 Å². The number of carbonyl (C=O) groups is 14. The number of nitrogens with one attached hydrogen (secondary N) is 10. The van der Waals surface area contributed by atoms with Gasteiger partial charge in [0.05, 0.1) is 12.1 Å². The van der Waals surface area contributed by atoms with Crippen molar-refractivity contribution in [1.29, 1.82) is 0 Å². The third kappa shape index (κ3) is 28.8. The first-order valence-electron chi connectivity index (χ1n) is 40.1. The number of rotatable bonds is 37. The second-order valence-electron chi connectivity index (χ2n) is 32.5. The number of ether oxygens (including phenoxy) is 1. The van der Waals surface area contributed by atoms with Crippen LogP contribution in [0.2, 0.25) is 0 Å². The van der Waals surface area contributed by atoms with E-state index in [1.807, 2.05) is 13.8 Å². The van der Waals surface area contributed by atoms with Crippen molar-refractivity contribution in [2.45, 2.75) is 314 Å². The molecule has 3 rings (SSSR count). The number of hydrogen-bond acceptors (Lipinski definition) is 17. The van der Waals surface area contributed by atoms with Crippen LogP contribution in [-0.2, 0) is 78.3 Å². The summed E-state index contributed by atoms with van der Waals surface area (Å²) in [5.41, 5.74) is 6.33. The molecule has 2 fully saturated rings. The predicted octanol–water partition coefficient (Wildman–Crippen LogP) is 4.83. The third-order valence-corrected chi connectivity index (χ3v) is 20.8. The Morgan fingerprint density at radius 1 is 0.618 bits per heavy atom. The molecule has 16 atom stereocenters. The quantitative estimate of drug-likeness (QED) is 0.0241. The fourth-order valence-corrected chi connectivity index (χ4v) is 13.6. The van der Waals surface area contributed by atoms with Crippen LogP contribution in [0.1, 0.15) is 228 Å². The van der Waals surface area contributed by atoms with Gasteiger partial charge in [-0.2, -0.15) is 0 Å². The Balaban J connectivity index is 2.08. The van der Waals surface area contributed by atoms with Gasteiger partial charge in [0.25, 0.3) is 5.91 Å². The van der Waals surface area contributed by atoms with Crippen molar-refractivity contribution in [3.05, 3.63) is 47.7 Å². The molecular formula is C81H135N13O16. The van der Waals surface area contributed by atoms with E-state index in [1.165, 1.54) is 36.6 Å². The summed E-state index contributed by atoms with van der Waals surface area (Å²) < 4.78 is 6.20. The lowest BCUT2D eigenvalue weighted by Gasteiger charge is -2.37. The van der Waals surface area contributed by atoms with E-state index in [9.17, 15) is 57.8 Å². The van der Waals surface area contributed by atoms with Crippen molar-refractivity contribution in [2.24, 2.45) is 59.0 Å². The number of aliphatic hydroxyl groups excluding tert-OH is 1. The molecule has 0 unspecified atom stereocenters. The number of unbranched alkanes of at least 4 members (excludes halogenated alkanes) is 2. The molecule has 2 heterocycles. The van der Waals surface area contributed by atoms with Gasteiger partial charge in [0.2, 0.25) is 65.0 Å². The van der Waals surface area contributed by atoms with Gasteiger partial charge >= 0.3 is 5.97 Å². The number of Topliss-reactive ketones (excluding diaryl/α,β-unsaturated/α-hetero) is 1. The molecular weight excluding hydrogens is 1410 g/mol. The second-order valence-corrected chi connectivity index (χ2v) is 32.5. The van der Waals surface area contributed by atoms with Gasteiger partial charge in [0.1, 0.15) is 72.2 Å². The van der Waals surface area contributed by atoms with E-state index >= 15 is 14.4 Å². The van der Waals surface area contributed by atoms with Crippen molar-refractivity contribution >= 4 is 82.6 Å². The molecule has 12 amide bonds. The van der Waals surface area contributed by atoms with E-state index in [0.29, 0.717) is 56.6 Å². The van der Waals surface area contributed by atoms with Crippen LogP contribution in [0.25, 0.3) is 0 Å². The number of amides is 12. The number of carbonyl (C=O) groups excluding carboxylic acids is 14. The van der Waals surface area contributed by atoms with Crippen LogP contribution in [0.3, 0.4) is 0 Å². The highest BCUT2D eigenvalue weighted by Crippen LogP contribution is 2.28. The molecule has 2 aliphatic heterocycles. The van der Waals surface area contributed by atoms with Gasteiger partial charge in [-0.1, -0.05) is 179 Å². The minimum absolute atomic E-state index is 0.0310. The van der Waals surface area contributed by atoms with Gasteiger partial charge in [-0.3, -0.25) is 62.3 Å². The smallest absolute Gasteiger partial charge is 0.329 e. The molecule has 0 saturated carbocycles. The number of nitrogens with two attached hydrogens (primary N) is 1. The zero-order valence-electron chi connectivity index (χ0n) is 69.4. The first-order chi connectivity index (χ1) is 51.6. The second kappa shape index (κ2) is 46.5. The molecule has 2 saturated heterocycles. The number of hydrogen-bond donors (Lipinski definition) is 12. The fourth-order valence-electron chi connectivity index (χ4n) is 13.6. The zero-order valence-corrected chi connectivity index (χ0v) is 69.4. The Morgan fingerprint density at radius 3 is 1.70 bits per heavy atom. The number of nitrogens with zero attached hydrogens (tertiary/aromatic N) is 2. The topological polar surface area (TPSA) is 421 Å². The van der Waals surface area contributed by atoms with Gasteiger partial charge in [-0.25, -0.2) is 4.79 Å². The fraction of sp³-hybridized carbons (Fsp3) is 0.728. The Kier molecular flexibility index (Phi) is 40.5. The number of aliphatic hydroxyl groups is 1. The van der Waals surface area contributed by atoms with Crippen LogP contribution in [0.5, 0.6) is 0 Å². The summed E-state index contributed by atoms with van der Waals surface area (Å²) in [7, 11) is 0. The molecule has 110 heavy (non-hydrogen) atoms. The molecule has 29 heteroatoms. The van der Waals surface area contributed by atoms with Gasteiger partial charge in [0, 0.05) is 37.8 Å². The Hall–Kier alpha value is -8.34. The molecule has 2 aliphatic rings. The summed E-state index contributed by atoms with van der Waals surface area (Å²) in [6.07, 6.45) is 2.49. The van der Waals surface area contributed by atoms with Crippen molar-refractivity contribution < 1.29 is 77.0 Å². The highest BCUT2D eigenvalue weighted by atomic mass is 16.5. The molecule has 0 aliphatic carbocycles. The highest BCUT2D eigenvalue weighted by Gasteiger charge is 2.46. The lowest BCUT2D eigenvalue weighted by molar-refractivity contribution is -0.164. The minimum atomic E-state index is -1.81. The summed E-state index contributed by atoms with van der Waals surface area (Å²) in [5, 5.41) is 38.4. The van der Waals surface area contributed by atoms with Gasteiger partial charge in [-0.15, -0.1) is 0 Å². The molecule has 1 aromatic rings. The lowest BCUT2D eigenvalue weighted by atomic mass is 9.90. The van der Waals surface area contributed by atoms with E-state index in [1.54, 1.807) is 141 Å². The lowest BCUT2D eigenvalue weighted by Crippen LogP contribution is -2.63. The summed E-state index contributed by atoms with van der Waals surface area (Å²) in [5.74, 6) is -15.3. The van der Waals surface area contributed by atoms with Gasteiger partial charge in [0.15, 0.2) is 5.78 Å². The molecule has 1 aromatic carbocycles. The van der Waals surface area contributed by atoms with Gasteiger partial charge < -0.3 is 78.5 Å². The molecule has 0 spiro atoms. The van der Waals surface area contributed by atoms with Crippen LogP contribution in [0.15, 0.2) is 42.1 Å². The minimum Gasteiger partial charge on any atom is -0.458 e. The van der Waals surface area contributed by atoms with E-state index in [2.05, 4.69) is 53.2 Å². The summed E-state index contributed by atoms with van der Waals surface area (Å²) >= 11 is 0. The predicted molar refractivity (Wildman–Crippen MR) is 420 cm³/mol. The number of benzene rings is 1. The summed E-state index contributed by atoms with van der Waals surface area (Å²) in [4.78, 5) is 207. The summed E-state index contributed by atoms with van der Waals surface area (Å²) in [6, 6.07) is -6.66. The SMILES string of the molecule is C/C=C1\NC(=O)[C@H](Cc2ccccc2)NC(=O)[C@@H](C(C)C)NC(=O)[C@@H]([C@@H](C)CC)NC(=O)[C@H](NC(=O)[C@H](NC(=O)[C@H](CCCCCN)CC(=O)[C@H]2CCCN2C(=O)[C@H](NC(=O)[C@@H](NC(=O)[C@@H](NC(=O)[C@H](NC(=O)CCCC(C)C)C(C)C)[C@@H](C)O)C(C)C)C(C)C)[C@@H](C)CC)[C@H](C)OC(=O)[C@H](C(C)C)N(C(C)C)C1=O. The average Bonchev–Trinajstić information content (AvgIpc) is 1.10. The maximum Gasteiger partial charge on any atom is 0.329 e. The highest BCUT2D eigenvalue weighted by molar-refractivity contribution is 6.03. The maximum atomic E-state index is 15.3. The van der Waals surface area contributed by atoms with E-state index in [-0.39, 0.29) is 56.7 Å². The normalized spacial score (nSPS) is 22.3. The first kappa shape index (κ1) is 95.9. The molecule has 0 aromatic heterocycles. The number of allylic oxidation sites excluding steroid dienone is 1. The van der Waals surface area contributed by atoms with E-state index in [4.69, 9.17) is 10.5 Å². The first-order valence-corrected chi connectivity index (χ1v) is 40.1. The number of ketones is 1. The van der Waals surface area contributed by atoms with Crippen LogP contribution in [0, 0.1) is 53.3 Å². The Bertz CT molecular complexity index is 3290. The monoisotopic (exact) mass is 1550 g/mol. The van der Waals surface area contributed by atoms with Crippen LogP contribution in [-0.4, -0.2) is 195 Å². The molecule has 13 N–H and O–H groups in total. The summed E-state index contributed by atoms with van der Waals surface area (Å²) in [6.45, 7) is 35.9. The molecule has 0 radical (unpaired) electrons. The average molecular weight is 1550 g/mol. The largest absolute Gasteiger partial charge is 0.458 e. The standard InChI is InChI=1S/C81H135N13O16/c1-22-50(18)65(76(104)92-68-53(21)110-81(109)69(48(14)15)94(49(16)17)79(107)56(24-3)83-71(99)57(41-54-34-27-25-28-35-54)84-72(100)62(45(8)9)86-75(103)66(51(19)23-2)90-78(68)106)89-70(98)55(36-29-26-30-39-82)42-59(96)58-37-32-40-93(58)80(108)64(47(12)13)88-74(102)63(46(10)11)87-77(105)67(52(20)95)91-73(101)61(44(6)7)85-60(97)38-31-33-43(4)5/h24-25,27-28,34-35,43-53,55,57-58,61-69,95H,22-23,26,29-33,36-42,82H2,1-21H3,(H,83,99)(H,84,100)(H,85,97)(H,86,103)(H,87,105)(H,88,102)(H,89,98)(H,90,106)(H,91,101)(H,92,104)/b56-24-/t50-,51-,52+,53-,55+,57-,58+,61+,62+,63-,64+,65+,66+,67-,68+,69-/m0/s1. The molecule has 620 valence electrons. The third-order valence-electron chi connectivity index (χ3n) is 20.8. The Morgan fingerprint density at radius 2 is 1.17 bits per heavy atom. The van der Waals surface area contributed by atoms with E-state index in [0.717, 1.165) is 6.42 Å².